The van der Waals surface area contributed by atoms with Crippen molar-refractivity contribution in [3.63, 3.8) is 0 Å². The van der Waals surface area contributed by atoms with E-state index in [9.17, 15) is 0 Å². The number of ether oxygens (including phenoxy) is 1. The summed E-state index contributed by atoms with van der Waals surface area (Å²) >= 11 is 0. The maximum absolute atomic E-state index is 5.03. The molecule has 1 aliphatic heterocycles. The van der Waals surface area contributed by atoms with Crippen LogP contribution in [0.4, 0.5) is 0 Å². The number of rotatable bonds is 0. The molecule has 0 amide bonds. The van der Waals surface area contributed by atoms with E-state index in [0.717, 1.165) is 6.61 Å². The van der Waals surface area contributed by atoms with Gasteiger partial charge in [0.25, 0.3) is 0 Å². The van der Waals surface area contributed by atoms with Crippen LogP contribution in [0, 0.1) is 0 Å². The first kappa shape index (κ1) is 8.12. The summed E-state index contributed by atoms with van der Waals surface area (Å²) in [5, 5.41) is 0. The Morgan fingerprint density at radius 2 is 2.18 bits per heavy atom. The molecule has 2 rings (SSSR count). The quantitative estimate of drug-likeness (QED) is 0.516. The lowest BCUT2D eigenvalue weighted by atomic mass is 10.2. The van der Waals surface area contributed by atoms with Gasteiger partial charge in [-0.05, 0) is 5.57 Å². The molecule has 0 aromatic carbocycles. The highest BCUT2D eigenvalue weighted by molar-refractivity contribution is 5.49. The summed E-state index contributed by atoms with van der Waals surface area (Å²) in [6, 6.07) is 0. The molecular formula is C10H14O. The molecular weight excluding hydrogens is 136 g/mol. The molecule has 0 saturated carbocycles. The summed E-state index contributed by atoms with van der Waals surface area (Å²) in [4.78, 5) is 0. The molecule has 0 saturated heterocycles. The van der Waals surface area contributed by atoms with Crippen molar-refractivity contribution < 1.29 is 4.74 Å². The lowest BCUT2D eigenvalue weighted by molar-refractivity contribution is 0.301. The van der Waals surface area contributed by atoms with Crippen molar-refractivity contribution in [1.82, 2.24) is 0 Å². The molecule has 0 atom stereocenters. The predicted octanol–water partition coefficient (Wildman–Crippen LogP) is 2.81. The molecule has 0 bridgehead atoms. The molecule has 0 aromatic heterocycles. The molecule has 11 heavy (non-hydrogen) atoms. The lowest BCUT2D eigenvalue weighted by Gasteiger charge is -1.86. The summed E-state index contributed by atoms with van der Waals surface area (Å²) in [5.41, 5.74) is 2.55. The highest BCUT2D eigenvalue weighted by atomic mass is 16.5. The highest BCUT2D eigenvalue weighted by Gasteiger charge is 2.11. The van der Waals surface area contributed by atoms with Crippen LogP contribution in [-0.4, -0.2) is 6.61 Å². The van der Waals surface area contributed by atoms with Gasteiger partial charge in [-0.25, -0.2) is 0 Å². The van der Waals surface area contributed by atoms with Crippen molar-refractivity contribution in [1.29, 1.82) is 0 Å². The highest BCUT2D eigenvalue weighted by Crippen LogP contribution is 2.23. The van der Waals surface area contributed by atoms with Crippen molar-refractivity contribution in [2.75, 3.05) is 6.61 Å². The van der Waals surface area contributed by atoms with E-state index in [1.807, 2.05) is 6.08 Å². The zero-order valence-corrected chi connectivity index (χ0v) is 7.13. The smallest absolute Gasteiger partial charge is 0.113 e. The summed E-state index contributed by atoms with van der Waals surface area (Å²) < 4.78 is 5.03. The summed E-state index contributed by atoms with van der Waals surface area (Å²) in [6.45, 7) is 5.02. The summed E-state index contributed by atoms with van der Waals surface area (Å²) in [7, 11) is 0. The minimum atomic E-state index is 0.766. The Morgan fingerprint density at radius 3 is 2.82 bits per heavy atom. The van der Waals surface area contributed by atoms with Gasteiger partial charge in [0.1, 0.15) is 6.61 Å². The van der Waals surface area contributed by atoms with Crippen LogP contribution in [0.25, 0.3) is 0 Å². The first-order chi connectivity index (χ1) is 5.38. The summed E-state index contributed by atoms with van der Waals surface area (Å²) in [6.07, 6.45) is 9.24. The fourth-order valence-electron chi connectivity index (χ4n) is 0.939. The third-order valence-electron chi connectivity index (χ3n) is 1.39. The minimum Gasteiger partial charge on any atom is -0.496 e. The van der Waals surface area contributed by atoms with Gasteiger partial charge in [0.2, 0.25) is 0 Å². The Bertz CT molecular complexity index is 209. The molecule has 1 heteroatoms. The topological polar surface area (TPSA) is 9.23 Å². The third-order valence-corrected chi connectivity index (χ3v) is 1.39. The van der Waals surface area contributed by atoms with Crippen molar-refractivity contribution >= 4 is 0 Å². The molecule has 0 unspecified atom stereocenters. The molecule has 0 aromatic rings. The number of hydrogen-bond acceptors (Lipinski definition) is 1. The van der Waals surface area contributed by atoms with Crippen LogP contribution >= 0.6 is 0 Å². The van der Waals surface area contributed by atoms with Gasteiger partial charge in [-0.1, -0.05) is 38.5 Å². The standard InChI is InChI=1S/C7H6O.C3H8/c1-2-6-4-8-5-7(6)3-1;1-3-2/h1-4H,5H2;3H2,1-2H3. The fraction of sp³-hybridized carbons (Fsp3) is 0.400. The molecule has 0 radical (unpaired) electrons. The zero-order valence-electron chi connectivity index (χ0n) is 7.13. The van der Waals surface area contributed by atoms with Gasteiger partial charge in [0, 0.05) is 5.57 Å². The van der Waals surface area contributed by atoms with E-state index >= 15 is 0 Å². The van der Waals surface area contributed by atoms with Crippen LogP contribution < -0.4 is 0 Å². The SMILES string of the molecule is C1=CC2=COCC2=C1.CCC. The Hall–Kier alpha value is -0.980. The second-order valence-electron chi connectivity index (χ2n) is 2.64. The fourth-order valence-corrected chi connectivity index (χ4v) is 0.939. The van der Waals surface area contributed by atoms with E-state index in [2.05, 4.69) is 26.0 Å². The monoisotopic (exact) mass is 150 g/mol. The maximum Gasteiger partial charge on any atom is 0.113 e. The van der Waals surface area contributed by atoms with E-state index in [1.165, 1.54) is 17.6 Å². The van der Waals surface area contributed by atoms with Gasteiger partial charge >= 0.3 is 0 Å². The second-order valence-corrected chi connectivity index (χ2v) is 2.64. The Labute approximate surface area is 68.1 Å². The van der Waals surface area contributed by atoms with Gasteiger partial charge in [-0.2, -0.15) is 0 Å². The summed E-state index contributed by atoms with van der Waals surface area (Å²) in [5.74, 6) is 0. The molecule has 1 heterocycles. The van der Waals surface area contributed by atoms with E-state index in [-0.39, 0.29) is 0 Å². The lowest BCUT2D eigenvalue weighted by Crippen LogP contribution is -1.80. The van der Waals surface area contributed by atoms with E-state index in [4.69, 9.17) is 4.74 Å². The van der Waals surface area contributed by atoms with Crippen molar-refractivity contribution in [2.45, 2.75) is 20.3 Å². The minimum absolute atomic E-state index is 0.766. The third kappa shape index (κ3) is 1.97. The van der Waals surface area contributed by atoms with Crippen LogP contribution in [0.5, 0.6) is 0 Å². The van der Waals surface area contributed by atoms with Crippen LogP contribution in [-0.2, 0) is 4.74 Å². The molecule has 1 aliphatic carbocycles. The molecule has 0 fully saturated rings. The number of fused-ring (bicyclic) bond motifs is 1. The van der Waals surface area contributed by atoms with Gasteiger partial charge in [-0.3, -0.25) is 0 Å². The average molecular weight is 150 g/mol. The number of hydrogen-bond donors (Lipinski definition) is 0. The molecule has 1 nitrogen and oxygen atoms in total. The van der Waals surface area contributed by atoms with Crippen LogP contribution in [0.15, 0.2) is 35.6 Å². The first-order valence-electron chi connectivity index (χ1n) is 4.07. The van der Waals surface area contributed by atoms with Gasteiger partial charge in [0.05, 0.1) is 6.26 Å². The zero-order chi connectivity index (χ0) is 8.10. The van der Waals surface area contributed by atoms with Crippen LogP contribution in [0.1, 0.15) is 20.3 Å². The van der Waals surface area contributed by atoms with E-state index < -0.39 is 0 Å². The van der Waals surface area contributed by atoms with Crippen LogP contribution in [0.2, 0.25) is 0 Å². The molecule has 0 N–H and O–H groups in total. The first-order valence-corrected chi connectivity index (χ1v) is 4.07. The van der Waals surface area contributed by atoms with E-state index in [1.54, 1.807) is 6.26 Å². The molecule has 2 aliphatic rings. The normalized spacial score (nSPS) is 17.6. The Morgan fingerprint density at radius 1 is 1.45 bits per heavy atom. The Kier molecular flexibility index (Phi) is 2.96. The average Bonchev–Trinajstić information content (AvgIpc) is 2.44. The van der Waals surface area contributed by atoms with Crippen molar-refractivity contribution in [3.05, 3.63) is 35.6 Å². The molecule has 0 spiro atoms. The predicted molar refractivity (Wildman–Crippen MR) is 47.2 cm³/mol. The Balaban J connectivity index is 0.000000179. The van der Waals surface area contributed by atoms with Gasteiger partial charge < -0.3 is 4.74 Å². The van der Waals surface area contributed by atoms with Gasteiger partial charge in [-0.15, -0.1) is 0 Å². The van der Waals surface area contributed by atoms with Crippen molar-refractivity contribution in [2.24, 2.45) is 0 Å². The largest absolute Gasteiger partial charge is 0.496 e. The van der Waals surface area contributed by atoms with E-state index in [0.29, 0.717) is 0 Å². The van der Waals surface area contributed by atoms with Crippen molar-refractivity contribution in [3.8, 4) is 0 Å². The number of allylic oxidation sites excluding steroid dienone is 3. The molecule has 60 valence electrons. The second kappa shape index (κ2) is 4.02. The maximum atomic E-state index is 5.03. The van der Waals surface area contributed by atoms with Gasteiger partial charge in [0.15, 0.2) is 0 Å². The van der Waals surface area contributed by atoms with Crippen LogP contribution in [0.3, 0.4) is 0 Å².